The quantitative estimate of drug-likeness (QED) is 0.859. The molecule has 0 amide bonds. The average molecular weight is 309 g/mol. The molecule has 0 aliphatic heterocycles. The van der Waals surface area contributed by atoms with Crippen LogP contribution in [0.15, 0.2) is 24.3 Å². The Morgan fingerprint density at radius 3 is 2.48 bits per heavy atom. The first kappa shape index (κ1) is 16.8. The molecule has 2 rings (SSSR count). The monoisotopic (exact) mass is 308 g/mol. The smallest absolute Gasteiger partial charge is 0.0453 e. The molecule has 1 aromatic carbocycles. The standard InChI is InChI=1S/C18H29ClN2/c1-4-15-9-11-18(13-20,12-10-15)21(3)14(2)16-7-5-6-8-17(16)19/h5-8,14-15H,4,9-13,20H2,1-3H3. The predicted octanol–water partition coefficient (Wildman–Crippen LogP) is 4.63. The Morgan fingerprint density at radius 2 is 1.95 bits per heavy atom. The summed E-state index contributed by atoms with van der Waals surface area (Å²) in [6, 6.07) is 8.45. The minimum absolute atomic E-state index is 0.129. The first-order valence-corrected chi connectivity index (χ1v) is 8.59. The average Bonchev–Trinajstić information content (AvgIpc) is 2.54. The summed E-state index contributed by atoms with van der Waals surface area (Å²) in [7, 11) is 2.22. The zero-order valence-electron chi connectivity index (χ0n) is 13.6. The third kappa shape index (κ3) is 3.44. The van der Waals surface area contributed by atoms with Crippen LogP contribution in [0.3, 0.4) is 0 Å². The van der Waals surface area contributed by atoms with Gasteiger partial charge in [-0.2, -0.15) is 0 Å². The number of halogens is 1. The fourth-order valence-corrected chi connectivity index (χ4v) is 4.05. The molecule has 0 bridgehead atoms. The van der Waals surface area contributed by atoms with Gasteiger partial charge in [0, 0.05) is 23.1 Å². The minimum atomic E-state index is 0.129. The number of nitrogens with two attached hydrogens (primary N) is 1. The summed E-state index contributed by atoms with van der Waals surface area (Å²) in [5.74, 6) is 0.883. The molecule has 1 aromatic rings. The Hall–Kier alpha value is -0.570. The topological polar surface area (TPSA) is 29.3 Å². The normalized spacial score (nSPS) is 27.8. The Morgan fingerprint density at radius 1 is 1.33 bits per heavy atom. The van der Waals surface area contributed by atoms with Gasteiger partial charge in [0.1, 0.15) is 0 Å². The van der Waals surface area contributed by atoms with Crippen LogP contribution in [-0.4, -0.2) is 24.0 Å². The molecule has 0 aromatic heterocycles. The van der Waals surface area contributed by atoms with Gasteiger partial charge in [-0.25, -0.2) is 0 Å². The summed E-state index contributed by atoms with van der Waals surface area (Å²) in [4.78, 5) is 2.47. The summed E-state index contributed by atoms with van der Waals surface area (Å²) >= 11 is 6.38. The molecule has 0 heterocycles. The first-order valence-electron chi connectivity index (χ1n) is 8.21. The van der Waals surface area contributed by atoms with E-state index in [1.807, 2.05) is 12.1 Å². The second kappa shape index (κ2) is 7.13. The molecule has 2 nitrogen and oxygen atoms in total. The molecular weight excluding hydrogens is 280 g/mol. The van der Waals surface area contributed by atoms with E-state index in [4.69, 9.17) is 17.3 Å². The summed E-state index contributed by atoms with van der Waals surface area (Å²) in [5.41, 5.74) is 7.54. The Kier molecular flexibility index (Phi) is 5.70. The highest BCUT2D eigenvalue weighted by molar-refractivity contribution is 6.31. The zero-order chi connectivity index (χ0) is 15.5. The fourth-order valence-electron chi connectivity index (χ4n) is 3.76. The van der Waals surface area contributed by atoms with Crippen molar-refractivity contribution >= 4 is 11.6 Å². The second-order valence-electron chi connectivity index (χ2n) is 6.59. The van der Waals surface area contributed by atoms with E-state index in [1.54, 1.807) is 0 Å². The van der Waals surface area contributed by atoms with Gasteiger partial charge < -0.3 is 5.73 Å². The van der Waals surface area contributed by atoms with Crippen molar-refractivity contribution in [3.63, 3.8) is 0 Å². The molecule has 1 fully saturated rings. The highest BCUT2D eigenvalue weighted by Crippen LogP contribution is 2.40. The molecule has 1 saturated carbocycles. The second-order valence-corrected chi connectivity index (χ2v) is 7.00. The molecule has 0 spiro atoms. The third-order valence-electron chi connectivity index (χ3n) is 5.68. The van der Waals surface area contributed by atoms with Gasteiger partial charge in [-0.1, -0.05) is 43.1 Å². The maximum absolute atomic E-state index is 6.38. The highest BCUT2D eigenvalue weighted by Gasteiger charge is 2.39. The Bertz CT molecular complexity index is 452. The van der Waals surface area contributed by atoms with Gasteiger partial charge in [0.15, 0.2) is 0 Å². The number of benzene rings is 1. The number of nitrogens with zero attached hydrogens (tertiary/aromatic N) is 1. The van der Waals surface area contributed by atoms with E-state index in [-0.39, 0.29) is 5.54 Å². The molecule has 0 radical (unpaired) electrons. The van der Waals surface area contributed by atoms with Gasteiger partial charge in [-0.3, -0.25) is 4.90 Å². The van der Waals surface area contributed by atoms with Crippen LogP contribution in [0, 0.1) is 5.92 Å². The zero-order valence-corrected chi connectivity index (χ0v) is 14.4. The largest absolute Gasteiger partial charge is 0.329 e. The van der Waals surface area contributed by atoms with Gasteiger partial charge in [0.25, 0.3) is 0 Å². The van der Waals surface area contributed by atoms with E-state index in [1.165, 1.54) is 37.7 Å². The maximum atomic E-state index is 6.38. The summed E-state index contributed by atoms with van der Waals surface area (Å²) < 4.78 is 0. The molecular formula is C18H29ClN2. The highest BCUT2D eigenvalue weighted by atomic mass is 35.5. The van der Waals surface area contributed by atoms with E-state index in [0.717, 1.165) is 17.5 Å². The van der Waals surface area contributed by atoms with E-state index in [2.05, 4.69) is 37.9 Å². The molecule has 1 aliphatic carbocycles. The van der Waals surface area contributed by atoms with Crippen LogP contribution in [0.25, 0.3) is 0 Å². The lowest BCUT2D eigenvalue weighted by atomic mass is 9.74. The van der Waals surface area contributed by atoms with Crippen molar-refractivity contribution < 1.29 is 0 Å². The van der Waals surface area contributed by atoms with Crippen LogP contribution in [0.5, 0.6) is 0 Å². The number of hydrogen-bond acceptors (Lipinski definition) is 2. The van der Waals surface area contributed by atoms with Gasteiger partial charge in [-0.15, -0.1) is 0 Å². The summed E-state index contributed by atoms with van der Waals surface area (Å²) in [6.45, 7) is 5.27. The predicted molar refractivity (Wildman–Crippen MR) is 91.7 cm³/mol. The van der Waals surface area contributed by atoms with Gasteiger partial charge >= 0.3 is 0 Å². The van der Waals surface area contributed by atoms with Crippen molar-refractivity contribution in [1.29, 1.82) is 0 Å². The van der Waals surface area contributed by atoms with Crippen LogP contribution >= 0.6 is 11.6 Å². The molecule has 118 valence electrons. The maximum Gasteiger partial charge on any atom is 0.0453 e. The first-order chi connectivity index (χ1) is 10.0. The Balaban J connectivity index is 2.17. The van der Waals surface area contributed by atoms with E-state index >= 15 is 0 Å². The Labute approximate surface area is 134 Å². The lowest BCUT2D eigenvalue weighted by molar-refractivity contribution is 0.0345. The number of hydrogen-bond donors (Lipinski definition) is 1. The third-order valence-corrected chi connectivity index (χ3v) is 6.02. The molecule has 21 heavy (non-hydrogen) atoms. The molecule has 2 N–H and O–H groups in total. The van der Waals surface area contributed by atoms with Crippen LogP contribution in [0.4, 0.5) is 0 Å². The van der Waals surface area contributed by atoms with Crippen molar-refractivity contribution in [1.82, 2.24) is 4.90 Å². The lowest BCUT2D eigenvalue weighted by Gasteiger charge is -2.48. The van der Waals surface area contributed by atoms with Crippen molar-refractivity contribution in [2.45, 2.75) is 57.5 Å². The summed E-state index contributed by atoms with van der Waals surface area (Å²) in [5, 5.41) is 0.853. The van der Waals surface area contributed by atoms with Crippen LogP contribution in [-0.2, 0) is 0 Å². The van der Waals surface area contributed by atoms with Gasteiger partial charge in [0.2, 0.25) is 0 Å². The molecule has 1 unspecified atom stereocenters. The van der Waals surface area contributed by atoms with E-state index < -0.39 is 0 Å². The number of rotatable bonds is 5. The fraction of sp³-hybridized carbons (Fsp3) is 0.667. The van der Waals surface area contributed by atoms with E-state index in [0.29, 0.717) is 6.04 Å². The molecule has 0 saturated heterocycles. The number of likely N-dealkylation sites (N-methyl/N-ethyl adjacent to an activating group) is 1. The van der Waals surface area contributed by atoms with Crippen molar-refractivity contribution in [2.75, 3.05) is 13.6 Å². The van der Waals surface area contributed by atoms with Gasteiger partial charge in [-0.05, 0) is 57.2 Å². The van der Waals surface area contributed by atoms with Crippen LogP contribution in [0.1, 0.15) is 57.6 Å². The lowest BCUT2D eigenvalue weighted by Crippen LogP contribution is -2.54. The van der Waals surface area contributed by atoms with Crippen LogP contribution in [0.2, 0.25) is 5.02 Å². The van der Waals surface area contributed by atoms with Crippen molar-refractivity contribution in [2.24, 2.45) is 11.7 Å². The van der Waals surface area contributed by atoms with E-state index in [9.17, 15) is 0 Å². The summed E-state index contributed by atoms with van der Waals surface area (Å²) in [6.07, 6.45) is 6.30. The van der Waals surface area contributed by atoms with Crippen molar-refractivity contribution in [3.8, 4) is 0 Å². The molecule has 1 atom stereocenters. The van der Waals surface area contributed by atoms with Crippen molar-refractivity contribution in [3.05, 3.63) is 34.9 Å². The molecule has 1 aliphatic rings. The molecule has 3 heteroatoms. The van der Waals surface area contributed by atoms with Gasteiger partial charge in [0.05, 0.1) is 0 Å². The SMILES string of the molecule is CCC1CCC(CN)(N(C)C(C)c2ccccc2Cl)CC1. The van der Waals surface area contributed by atoms with Crippen LogP contribution < -0.4 is 5.73 Å². The minimum Gasteiger partial charge on any atom is -0.329 e.